The lowest BCUT2D eigenvalue weighted by atomic mass is 10.2. The number of furan rings is 1. The third-order valence-corrected chi connectivity index (χ3v) is 2.55. The highest BCUT2D eigenvalue weighted by Crippen LogP contribution is 2.16. The summed E-state index contributed by atoms with van der Waals surface area (Å²) < 4.78 is 5.02. The molecule has 2 aromatic heterocycles. The number of carbonyl (C=O) groups is 1. The molecule has 2 aromatic rings. The first kappa shape index (κ1) is 9.15. The van der Waals surface area contributed by atoms with E-state index in [-0.39, 0.29) is 5.78 Å². The number of nitrogens with one attached hydrogen (secondary N) is 1. The summed E-state index contributed by atoms with van der Waals surface area (Å²) >= 11 is 1.57. The SMILES string of the molecule is CSc1ccc(C(=O)c2ccco2)[nH]1. The van der Waals surface area contributed by atoms with E-state index in [9.17, 15) is 4.79 Å². The maximum Gasteiger partial charge on any atom is 0.244 e. The van der Waals surface area contributed by atoms with Gasteiger partial charge in [0.1, 0.15) is 0 Å². The number of aromatic nitrogens is 1. The second kappa shape index (κ2) is 3.75. The lowest BCUT2D eigenvalue weighted by molar-refractivity contribution is 0.100. The highest BCUT2D eigenvalue weighted by molar-refractivity contribution is 7.98. The number of carbonyl (C=O) groups excluding carboxylic acids is 1. The van der Waals surface area contributed by atoms with Gasteiger partial charge < -0.3 is 9.40 Å². The van der Waals surface area contributed by atoms with Crippen molar-refractivity contribution < 1.29 is 9.21 Å². The maximum absolute atomic E-state index is 11.7. The van der Waals surface area contributed by atoms with E-state index in [2.05, 4.69) is 4.98 Å². The van der Waals surface area contributed by atoms with Crippen LogP contribution in [0.4, 0.5) is 0 Å². The molecule has 0 aliphatic heterocycles. The first-order valence-corrected chi connectivity index (χ1v) is 5.35. The van der Waals surface area contributed by atoms with Crippen molar-refractivity contribution in [2.75, 3.05) is 6.26 Å². The van der Waals surface area contributed by atoms with E-state index < -0.39 is 0 Å². The molecule has 0 radical (unpaired) electrons. The molecule has 0 aliphatic rings. The number of rotatable bonds is 3. The van der Waals surface area contributed by atoms with E-state index in [1.807, 2.05) is 12.3 Å². The van der Waals surface area contributed by atoms with E-state index >= 15 is 0 Å². The van der Waals surface area contributed by atoms with E-state index in [1.54, 1.807) is 30.0 Å². The predicted octanol–water partition coefficient (Wildman–Crippen LogP) is 2.56. The number of thioether (sulfide) groups is 1. The molecule has 0 saturated heterocycles. The quantitative estimate of drug-likeness (QED) is 0.621. The number of H-pyrrole nitrogens is 1. The first-order valence-electron chi connectivity index (χ1n) is 4.12. The Hall–Kier alpha value is -1.42. The van der Waals surface area contributed by atoms with Crippen LogP contribution in [-0.2, 0) is 0 Å². The van der Waals surface area contributed by atoms with Crippen molar-refractivity contribution in [3.05, 3.63) is 42.0 Å². The van der Waals surface area contributed by atoms with Crippen molar-refractivity contribution in [2.45, 2.75) is 5.03 Å². The van der Waals surface area contributed by atoms with Gasteiger partial charge in [-0.1, -0.05) is 0 Å². The highest BCUT2D eigenvalue weighted by Gasteiger charge is 2.13. The molecule has 0 fully saturated rings. The van der Waals surface area contributed by atoms with Crippen LogP contribution in [0.2, 0.25) is 0 Å². The molecule has 3 nitrogen and oxygen atoms in total. The fourth-order valence-corrected chi connectivity index (χ4v) is 1.58. The summed E-state index contributed by atoms with van der Waals surface area (Å²) in [6.07, 6.45) is 3.44. The fraction of sp³-hybridized carbons (Fsp3) is 0.100. The van der Waals surface area contributed by atoms with Crippen LogP contribution in [0.3, 0.4) is 0 Å². The summed E-state index contributed by atoms with van der Waals surface area (Å²) in [6, 6.07) is 6.99. The Morgan fingerprint density at radius 1 is 1.43 bits per heavy atom. The third-order valence-electron chi connectivity index (χ3n) is 1.87. The van der Waals surface area contributed by atoms with Crippen LogP contribution in [-0.4, -0.2) is 17.0 Å². The van der Waals surface area contributed by atoms with Gasteiger partial charge in [0.2, 0.25) is 5.78 Å². The van der Waals surface area contributed by atoms with E-state index in [1.165, 1.54) is 6.26 Å². The maximum atomic E-state index is 11.7. The van der Waals surface area contributed by atoms with Crippen molar-refractivity contribution in [3.8, 4) is 0 Å². The molecule has 0 spiro atoms. The highest BCUT2D eigenvalue weighted by atomic mass is 32.2. The van der Waals surface area contributed by atoms with E-state index in [4.69, 9.17) is 4.42 Å². The van der Waals surface area contributed by atoms with Crippen LogP contribution < -0.4 is 0 Å². The molecule has 0 saturated carbocycles. The number of ketones is 1. The van der Waals surface area contributed by atoms with Crippen molar-refractivity contribution in [2.24, 2.45) is 0 Å². The normalized spacial score (nSPS) is 10.4. The standard InChI is InChI=1S/C10H9NO2S/c1-14-9-5-4-7(11-9)10(12)8-3-2-6-13-8/h2-6,11H,1H3. The molecule has 2 heterocycles. The molecule has 72 valence electrons. The molecule has 0 aliphatic carbocycles. The lowest BCUT2D eigenvalue weighted by Crippen LogP contribution is -1.99. The smallest absolute Gasteiger partial charge is 0.244 e. The minimum atomic E-state index is -0.115. The zero-order chi connectivity index (χ0) is 9.97. The largest absolute Gasteiger partial charge is 0.461 e. The van der Waals surface area contributed by atoms with Crippen molar-refractivity contribution in [3.63, 3.8) is 0 Å². The summed E-state index contributed by atoms with van der Waals surface area (Å²) in [5.41, 5.74) is 0.560. The Balaban J connectivity index is 2.28. The van der Waals surface area contributed by atoms with E-state index in [0.717, 1.165) is 5.03 Å². The van der Waals surface area contributed by atoms with Gasteiger partial charge in [-0.3, -0.25) is 4.79 Å². The van der Waals surface area contributed by atoms with Crippen LogP contribution in [0.5, 0.6) is 0 Å². The summed E-state index contributed by atoms with van der Waals surface area (Å²) in [6.45, 7) is 0. The molecule has 14 heavy (non-hydrogen) atoms. The van der Waals surface area contributed by atoms with Crippen molar-refractivity contribution >= 4 is 17.5 Å². The van der Waals surface area contributed by atoms with Gasteiger partial charge in [0.25, 0.3) is 0 Å². The van der Waals surface area contributed by atoms with Gasteiger partial charge in [-0.25, -0.2) is 0 Å². The molecule has 1 N–H and O–H groups in total. The Morgan fingerprint density at radius 3 is 2.86 bits per heavy atom. The monoisotopic (exact) mass is 207 g/mol. The Labute approximate surface area is 85.5 Å². The summed E-state index contributed by atoms with van der Waals surface area (Å²) in [5.74, 6) is 0.245. The van der Waals surface area contributed by atoms with Crippen LogP contribution >= 0.6 is 11.8 Å². The van der Waals surface area contributed by atoms with Gasteiger partial charge in [0, 0.05) is 0 Å². The van der Waals surface area contributed by atoms with E-state index in [0.29, 0.717) is 11.5 Å². The van der Waals surface area contributed by atoms with Crippen molar-refractivity contribution in [1.82, 2.24) is 4.98 Å². The summed E-state index contributed by atoms with van der Waals surface area (Å²) in [4.78, 5) is 14.7. The summed E-state index contributed by atoms with van der Waals surface area (Å²) in [7, 11) is 0. The van der Waals surface area contributed by atoms with Gasteiger partial charge in [-0.05, 0) is 30.5 Å². The van der Waals surface area contributed by atoms with Gasteiger partial charge in [0.15, 0.2) is 5.76 Å². The molecule has 4 heteroatoms. The predicted molar refractivity (Wildman–Crippen MR) is 54.7 cm³/mol. The van der Waals surface area contributed by atoms with Crippen molar-refractivity contribution in [1.29, 1.82) is 0 Å². The third kappa shape index (κ3) is 1.61. The molecule has 0 aromatic carbocycles. The summed E-state index contributed by atoms with van der Waals surface area (Å²) in [5, 5.41) is 0.972. The number of aromatic amines is 1. The van der Waals surface area contributed by atoms with Gasteiger partial charge in [0.05, 0.1) is 17.0 Å². The topological polar surface area (TPSA) is 46.0 Å². The minimum absolute atomic E-state index is 0.115. The van der Waals surface area contributed by atoms with Crippen LogP contribution in [0.15, 0.2) is 40.0 Å². The zero-order valence-corrected chi connectivity index (χ0v) is 8.43. The van der Waals surface area contributed by atoms with Crippen LogP contribution in [0, 0.1) is 0 Å². The zero-order valence-electron chi connectivity index (χ0n) is 7.61. The van der Waals surface area contributed by atoms with Gasteiger partial charge in [-0.15, -0.1) is 11.8 Å². The Morgan fingerprint density at radius 2 is 2.29 bits per heavy atom. The molecule has 0 atom stereocenters. The molecule has 2 rings (SSSR count). The van der Waals surface area contributed by atoms with Crippen LogP contribution in [0.25, 0.3) is 0 Å². The average molecular weight is 207 g/mol. The molecule has 0 bridgehead atoms. The second-order valence-electron chi connectivity index (χ2n) is 2.75. The number of hydrogen-bond acceptors (Lipinski definition) is 3. The Kier molecular flexibility index (Phi) is 2.45. The second-order valence-corrected chi connectivity index (χ2v) is 3.59. The molecular formula is C10H9NO2S. The van der Waals surface area contributed by atoms with Crippen LogP contribution in [0.1, 0.15) is 16.2 Å². The Bertz CT molecular complexity index is 431. The molecular weight excluding hydrogens is 198 g/mol. The average Bonchev–Trinajstić information content (AvgIpc) is 2.88. The molecule has 0 unspecified atom stereocenters. The lowest BCUT2D eigenvalue weighted by Gasteiger charge is -1.92. The first-order chi connectivity index (χ1) is 6.81. The minimum Gasteiger partial charge on any atom is -0.461 e. The van der Waals surface area contributed by atoms with Gasteiger partial charge >= 0.3 is 0 Å². The number of hydrogen-bond donors (Lipinski definition) is 1. The van der Waals surface area contributed by atoms with Gasteiger partial charge in [-0.2, -0.15) is 0 Å². The fourth-order valence-electron chi connectivity index (χ4n) is 1.17. The molecule has 0 amide bonds.